The van der Waals surface area contributed by atoms with Crippen LogP contribution in [0.15, 0.2) is 23.2 Å². The molecule has 1 spiro atoms. The van der Waals surface area contributed by atoms with Crippen LogP contribution in [-0.2, 0) is 10.2 Å². The summed E-state index contributed by atoms with van der Waals surface area (Å²) in [5.74, 6) is -3.39. The number of aliphatic hydroxyl groups is 3. The standard InChI is InChI=1S/C26H35N9O7/c1-24(2)6-9-42-18-13(4-3-5-14(18)24)20(38)30-16-11-35-22(28)29-15(10-34-17(37)12-33(7-8-36)23(34)39)19-25(35,26(16,40)41)32-21(27)31-19/h3-5,15-16,19,36,40-41H,6-12H2,1-2H3,(H6,27,28,29,30,31,32,38)/p+1/t15-,16?,19?,25?/m0/s1. The monoisotopic (exact) mass is 586 g/mol. The van der Waals surface area contributed by atoms with Crippen molar-refractivity contribution in [2.45, 2.75) is 55.3 Å². The first kappa shape index (κ1) is 28.0. The highest BCUT2D eigenvalue weighted by molar-refractivity contribution is 6.02. The first-order chi connectivity index (χ1) is 19.8. The van der Waals surface area contributed by atoms with Crippen molar-refractivity contribution in [2.24, 2.45) is 16.5 Å². The van der Waals surface area contributed by atoms with E-state index in [1.165, 1.54) is 9.48 Å². The van der Waals surface area contributed by atoms with Gasteiger partial charge in [-0.1, -0.05) is 26.0 Å². The van der Waals surface area contributed by atoms with Gasteiger partial charge in [-0.25, -0.2) is 14.4 Å². The zero-order valence-corrected chi connectivity index (χ0v) is 23.3. The van der Waals surface area contributed by atoms with E-state index in [4.69, 9.17) is 16.2 Å². The molecule has 16 heteroatoms. The smallest absolute Gasteiger partial charge is 0.346 e. The van der Waals surface area contributed by atoms with Crippen molar-refractivity contribution in [1.82, 2.24) is 25.8 Å². The van der Waals surface area contributed by atoms with Crippen molar-refractivity contribution < 1.29 is 39.0 Å². The quantitative estimate of drug-likeness (QED) is 0.0911. The van der Waals surface area contributed by atoms with Gasteiger partial charge >= 0.3 is 12.0 Å². The van der Waals surface area contributed by atoms with E-state index in [-0.39, 0.29) is 55.7 Å². The molecule has 4 amide bonds. The number of hydrogen-bond acceptors (Lipinski definition) is 12. The number of guanidine groups is 2. The van der Waals surface area contributed by atoms with Gasteiger partial charge in [0.05, 0.1) is 31.9 Å². The fraction of sp³-hybridized carbons (Fsp3) is 0.577. The van der Waals surface area contributed by atoms with Crippen molar-refractivity contribution in [1.29, 1.82) is 0 Å². The minimum Gasteiger partial charge on any atom is -0.492 e. The van der Waals surface area contributed by atoms with Gasteiger partial charge in [-0.2, -0.15) is 0 Å². The van der Waals surface area contributed by atoms with Gasteiger partial charge in [0.1, 0.15) is 30.4 Å². The molecule has 5 aliphatic rings. The number of aliphatic imine (C=N–C) groups is 1. The number of β-amino-alcohol motifs (C(OH)–C–C–N with tert-alkyl or cyclic N) is 1. The fourth-order valence-electron chi connectivity index (χ4n) is 6.76. The SMILES string of the molecule is CC1(C)CCOc2c(C(=O)NC3C[N+]4=C(N)N[C@@H](CN5C(=O)CN(CCO)C5=O)C5N=C(N)NC54C3(O)O)cccc21. The summed E-state index contributed by atoms with van der Waals surface area (Å²) in [5, 5.41) is 41.4. The molecule has 10 N–H and O–H groups in total. The maximum Gasteiger partial charge on any atom is 0.346 e. The van der Waals surface area contributed by atoms with Crippen LogP contribution in [0.25, 0.3) is 0 Å². The highest BCUT2D eigenvalue weighted by Gasteiger charge is 2.75. The Morgan fingerprint density at radius 3 is 2.79 bits per heavy atom. The number of rotatable bonds is 6. The van der Waals surface area contributed by atoms with Crippen LogP contribution in [0.2, 0.25) is 0 Å². The van der Waals surface area contributed by atoms with E-state index in [1.54, 1.807) is 12.1 Å². The van der Waals surface area contributed by atoms with Gasteiger partial charge in [-0.15, -0.1) is 0 Å². The molecule has 16 nitrogen and oxygen atoms in total. The van der Waals surface area contributed by atoms with Gasteiger partial charge in [-0.05, 0) is 17.9 Å². The van der Waals surface area contributed by atoms with Crippen LogP contribution in [0.4, 0.5) is 4.79 Å². The summed E-state index contributed by atoms with van der Waals surface area (Å²) < 4.78 is 7.32. The molecule has 5 aliphatic heterocycles. The first-order valence-corrected chi connectivity index (χ1v) is 13.8. The number of amides is 4. The molecule has 4 atom stereocenters. The summed E-state index contributed by atoms with van der Waals surface area (Å²) in [4.78, 5) is 45.7. The normalized spacial score (nSPS) is 30.6. The van der Waals surface area contributed by atoms with Gasteiger partial charge in [0.25, 0.3) is 5.91 Å². The number of aliphatic hydroxyl groups excluding tert-OH is 1. The molecular weight excluding hydrogens is 550 g/mol. The number of fused-ring (bicyclic) bond motifs is 1. The number of nitrogens with two attached hydrogens (primary N) is 2. The Bertz CT molecular complexity index is 1430. The lowest BCUT2D eigenvalue weighted by atomic mass is 9.79. The molecule has 6 rings (SSSR count). The predicted molar refractivity (Wildman–Crippen MR) is 146 cm³/mol. The van der Waals surface area contributed by atoms with Crippen LogP contribution in [-0.4, -0.2) is 128 Å². The van der Waals surface area contributed by atoms with Gasteiger partial charge < -0.3 is 41.3 Å². The zero-order chi connectivity index (χ0) is 30.2. The van der Waals surface area contributed by atoms with Crippen molar-refractivity contribution in [2.75, 3.05) is 39.4 Å². The van der Waals surface area contributed by atoms with E-state index in [9.17, 15) is 29.7 Å². The Morgan fingerprint density at radius 2 is 2.05 bits per heavy atom. The molecule has 5 heterocycles. The van der Waals surface area contributed by atoms with Crippen LogP contribution in [0.1, 0.15) is 36.2 Å². The maximum absolute atomic E-state index is 13.6. The molecule has 2 saturated heterocycles. The first-order valence-electron chi connectivity index (χ1n) is 13.8. The Morgan fingerprint density at radius 1 is 1.29 bits per heavy atom. The molecule has 1 aromatic rings. The molecule has 226 valence electrons. The number of para-hydroxylation sites is 1. The average molecular weight is 587 g/mol. The van der Waals surface area contributed by atoms with Crippen molar-refractivity contribution in [3.63, 3.8) is 0 Å². The van der Waals surface area contributed by atoms with Crippen LogP contribution in [0.5, 0.6) is 5.75 Å². The highest BCUT2D eigenvalue weighted by atomic mass is 16.5. The largest absolute Gasteiger partial charge is 0.492 e. The summed E-state index contributed by atoms with van der Waals surface area (Å²) in [5.41, 5.74) is 11.6. The van der Waals surface area contributed by atoms with Crippen LogP contribution in [0, 0.1) is 0 Å². The van der Waals surface area contributed by atoms with Gasteiger partial charge in [0, 0.05) is 12.1 Å². The zero-order valence-electron chi connectivity index (χ0n) is 23.3. The third-order valence-electron chi connectivity index (χ3n) is 9.01. The third-order valence-corrected chi connectivity index (χ3v) is 9.01. The van der Waals surface area contributed by atoms with E-state index in [2.05, 4.69) is 34.8 Å². The number of ether oxygens (including phenoxy) is 1. The number of carbonyl (C=O) groups is 3. The van der Waals surface area contributed by atoms with E-state index in [1.807, 2.05) is 6.07 Å². The third kappa shape index (κ3) is 3.89. The molecule has 2 fully saturated rings. The van der Waals surface area contributed by atoms with Crippen molar-refractivity contribution in [3.8, 4) is 5.75 Å². The molecule has 0 radical (unpaired) electrons. The lowest BCUT2D eigenvalue weighted by molar-refractivity contribution is -0.623. The number of benzene rings is 1. The van der Waals surface area contributed by atoms with Crippen molar-refractivity contribution in [3.05, 3.63) is 29.3 Å². The predicted octanol–water partition coefficient (Wildman–Crippen LogP) is -3.92. The Balaban J connectivity index is 1.30. The molecule has 3 unspecified atom stereocenters. The van der Waals surface area contributed by atoms with E-state index in [0.29, 0.717) is 12.4 Å². The van der Waals surface area contributed by atoms with Gasteiger partial charge in [0.2, 0.25) is 17.4 Å². The fourth-order valence-corrected chi connectivity index (χ4v) is 6.76. The minimum atomic E-state index is -2.68. The second-order valence-corrected chi connectivity index (χ2v) is 11.9. The summed E-state index contributed by atoms with van der Waals surface area (Å²) in [6.07, 6.45) is 0.785. The lowest BCUT2D eigenvalue weighted by Gasteiger charge is -2.44. The maximum atomic E-state index is 13.6. The summed E-state index contributed by atoms with van der Waals surface area (Å²) in [6.45, 7) is 3.73. The minimum absolute atomic E-state index is 0.00589. The number of hydrogen-bond donors (Lipinski definition) is 8. The average Bonchev–Trinajstić information content (AvgIpc) is 3.49. The van der Waals surface area contributed by atoms with Crippen LogP contribution in [0.3, 0.4) is 0 Å². The summed E-state index contributed by atoms with van der Waals surface area (Å²) >= 11 is 0. The second kappa shape index (κ2) is 9.43. The molecular formula is C26H36N9O7+. The number of nitrogens with zero attached hydrogens (tertiary/aromatic N) is 4. The Hall–Kier alpha value is -4.15. The Kier molecular flexibility index (Phi) is 6.29. The molecule has 42 heavy (non-hydrogen) atoms. The molecule has 1 aromatic carbocycles. The van der Waals surface area contributed by atoms with Crippen molar-refractivity contribution >= 4 is 29.8 Å². The van der Waals surface area contributed by atoms with Gasteiger partial charge in [0.15, 0.2) is 5.96 Å². The summed E-state index contributed by atoms with van der Waals surface area (Å²) in [6, 6.07) is 1.49. The molecule has 0 aromatic heterocycles. The number of urea groups is 1. The Labute approximate surface area is 241 Å². The van der Waals surface area contributed by atoms with E-state index in [0.717, 1.165) is 16.9 Å². The summed E-state index contributed by atoms with van der Waals surface area (Å²) in [7, 11) is 0. The number of imide groups is 1. The molecule has 0 saturated carbocycles. The van der Waals surface area contributed by atoms with Gasteiger partial charge in [-0.3, -0.25) is 25.5 Å². The van der Waals surface area contributed by atoms with Crippen LogP contribution < -0.4 is 32.2 Å². The molecule has 0 bridgehead atoms. The van der Waals surface area contributed by atoms with E-state index >= 15 is 0 Å². The van der Waals surface area contributed by atoms with Crippen LogP contribution >= 0.6 is 0 Å². The highest BCUT2D eigenvalue weighted by Crippen LogP contribution is 2.43. The number of carbonyl (C=O) groups excluding carboxylic acids is 3. The molecule has 0 aliphatic carbocycles. The second-order valence-electron chi connectivity index (χ2n) is 11.9. The number of nitrogens with one attached hydrogen (secondary N) is 3. The topological polar surface area (TPSA) is 231 Å². The lowest BCUT2D eigenvalue weighted by Crippen LogP contribution is -2.79. The van der Waals surface area contributed by atoms with E-state index < -0.39 is 47.4 Å².